The predicted molar refractivity (Wildman–Crippen MR) is 24.7 cm³/mol. The summed E-state index contributed by atoms with van der Waals surface area (Å²) in [6, 6.07) is 0. The molecule has 10 heavy (non-hydrogen) atoms. The van der Waals surface area contributed by atoms with Gasteiger partial charge in [0, 0.05) is 6.08 Å². The maximum absolute atomic E-state index is 12.0. The van der Waals surface area contributed by atoms with Crippen LogP contribution in [0.2, 0.25) is 0 Å². The highest BCUT2D eigenvalue weighted by Crippen LogP contribution is 2.43. The van der Waals surface area contributed by atoms with Crippen LogP contribution in [0.1, 0.15) is 6.92 Å². The molecule has 0 N–H and O–H groups in total. The van der Waals surface area contributed by atoms with E-state index in [4.69, 9.17) is 0 Å². The highest BCUT2D eigenvalue weighted by atomic mass is 19.3. The van der Waals surface area contributed by atoms with Crippen LogP contribution in [0.5, 0.6) is 0 Å². The molecule has 0 fully saturated rings. The van der Waals surface area contributed by atoms with Crippen LogP contribution >= 0.6 is 0 Å². The number of allylic oxidation sites excluding steroid dienone is 1. The van der Waals surface area contributed by atoms with Crippen molar-refractivity contribution in [3.05, 3.63) is 11.8 Å². The molecule has 0 spiro atoms. The van der Waals surface area contributed by atoms with Gasteiger partial charge >= 0.3 is 12.0 Å². The Hall–Kier alpha value is -0.740. The number of hydrogen-bond donors (Lipinski definition) is 0. The molecule has 0 saturated heterocycles. The Morgan fingerprint density at radius 2 is 1.80 bits per heavy atom. The minimum absolute atomic E-state index is 0.104. The van der Waals surface area contributed by atoms with E-state index in [0.29, 0.717) is 0 Å². The first-order valence-electron chi connectivity index (χ1n) is 2.49. The number of hydrogen-bond acceptors (Lipinski definition) is 1. The quantitative estimate of drug-likeness (QED) is 0.488. The smallest absolute Gasteiger partial charge is 0.433 e. The molecule has 0 aliphatic carbocycles. The van der Waals surface area contributed by atoms with Gasteiger partial charge in [-0.25, -0.2) is 0 Å². The highest BCUT2D eigenvalue weighted by Gasteiger charge is 2.61. The third kappa shape index (κ3) is 0.853. The molecular weight excluding hydrogens is 152 g/mol. The van der Waals surface area contributed by atoms with Crippen LogP contribution in [0.15, 0.2) is 11.8 Å². The van der Waals surface area contributed by atoms with Gasteiger partial charge in [-0.3, -0.25) is 0 Å². The Bertz CT molecular complexity index is 184. The van der Waals surface area contributed by atoms with Gasteiger partial charge in [0.05, 0.1) is 0 Å². The molecule has 0 bridgehead atoms. The van der Waals surface area contributed by atoms with Crippen LogP contribution in [-0.2, 0) is 4.74 Å². The summed E-state index contributed by atoms with van der Waals surface area (Å²) in [5.74, 6) is -4.60. The van der Waals surface area contributed by atoms with E-state index in [1.54, 1.807) is 0 Å². The van der Waals surface area contributed by atoms with Gasteiger partial charge in [0.15, 0.2) is 0 Å². The molecule has 0 amide bonds. The fourth-order valence-corrected chi connectivity index (χ4v) is 0.639. The molecule has 0 atom stereocenters. The monoisotopic (exact) mass is 156 g/mol. The van der Waals surface area contributed by atoms with E-state index in [1.807, 2.05) is 0 Å². The van der Waals surface area contributed by atoms with Crippen LogP contribution < -0.4 is 0 Å². The lowest BCUT2D eigenvalue weighted by molar-refractivity contribution is -0.295. The van der Waals surface area contributed by atoms with Crippen molar-refractivity contribution < 1.29 is 22.3 Å². The Kier molecular flexibility index (Phi) is 1.21. The normalized spacial score (nSPS) is 27.5. The van der Waals surface area contributed by atoms with Crippen LogP contribution in [0.4, 0.5) is 17.6 Å². The average molecular weight is 156 g/mol. The maximum atomic E-state index is 12.0. The lowest BCUT2D eigenvalue weighted by Gasteiger charge is -2.15. The fraction of sp³-hybridized carbons (Fsp3) is 0.600. The molecule has 1 rings (SSSR count). The van der Waals surface area contributed by atoms with Crippen LogP contribution in [-0.4, -0.2) is 12.0 Å². The van der Waals surface area contributed by atoms with E-state index in [0.717, 1.165) is 6.92 Å². The maximum Gasteiger partial charge on any atom is 0.468 e. The van der Waals surface area contributed by atoms with Gasteiger partial charge in [-0.05, 0) is 6.92 Å². The van der Waals surface area contributed by atoms with Gasteiger partial charge in [-0.1, -0.05) is 0 Å². The molecule has 58 valence electrons. The summed E-state index contributed by atoms with van der Waals surface area (Å²) in [6.07, 6.45) is -4.26. The molecule has 0 unspecified atom stereocenters. The number of alkyl halides is 4. The molecule has 1 aliphatic heterocycles. The summed E-state index contributed by atoms with van der Waals surface area (Å²) in [5, 5.41) is 0. The second-order valence-corrected chi connectivity index (χ2v) is 2.00. The second kappa shape index (κ2) is 1.65. The van der Waals surface area contributed by atoms with E-state index >= 15 is 0 Å². The van der Waals surface area contributed by atoms with Crippen LogP contribution in [0.25, 0.3) is 0 Å². The Balaban J connectivity index is 2.92. The molecule has 0 saturated carbocycles. The van der Waals surface area contributed by atoms with Gasteiger partial charge in [-0.15, -0.1) is 0 Å². The number of ether oxygens (including phenoxy) is 1. The largest absolute Gasteiger partial charge is 0.468 e. The minimum Gasteiger partial charge on any atom is -0.433 e. The van der Waals surface area contributed by atoms with Crippen molar-refractivity contribution >= 4 is 0 Å². The van der Waals surface area contributed by atoms with Crippen molar-refractivity contribution in [1.82, 2.24) is 0 Å². The third-order valence-corrected chi connectivity index (χ3v) is 1.06. The van der Waals surface area contributed by atoms with Gasteiger partial charge < -0.3 is 4.74 Å². The van der Waals surface area contributed by atoms with Crippen molar-refractivity contribution in [2.24, 2.45) is 0 Å². The molecule has 1 aliphatic rings. The summed E-state index contributed by atoms with van der Waals surface area (Å²) in [5.41, 5.74) is 0. The van der Waals surface area contributed by atoms with Crippen molar-refractivity contribution in [1.29, 1.82) is 0 Å². The van der Waals surface area contributed by atoms with E-state index < -0.39 is 17.8 Å². The molecular formula is C5H4F4O. The van der Waals surface area contributed by atoms with E-state index in [-0.39, 0.29) is 6.08 Å². The van der Waals surface area contributed by atoms with Gasteiger partial charge in [0.2, 0.25) is 0 Å². The van der Waals surface area contributed by atoms with Crippen LogP contribution in [0.3, 0.4) is 0 Å². The van der Waals surface area contributed by atoms with Crippen molar-refractivity contribution in [2.75, 3.05) is 0 Å². The van der Waals surface area contributed by atoms with Gasteiger partial charge in [0.25, 0.3) is 0 Å². The zero-order valence-electron chi connectivity index (χ0n) is 5.00. The molecule has 0 aromatic rings. The second-order valence-electron chi connectivity index (χ2n) is 2.00. The lowest BCUT2D eigenvalue weighted by Crippen LogP contribution is -2.35. The van der Waals surface area contributed by atoms with Crippen LogP contribution in [0, 0.1) is 0 Å². The Morgan fingerprint density at radius 1 is 1.30 bits per heavy atom. The zero-order chi connectivity index (χ0) is 7.99. The van der Waals surface area contributed by atoms with Crippen molar-refractivity contribution in [3.63, 3.8) is 0 Å². The van der Waals surface area contributed by atoms with Crippen molar-refractivity contribution in [2.45, 2.75) is 19.0 Å². The van der Waals surface area contributed by atoms with Crippen molar-refractivity contribution in [3.8, 4) is 0 Å². The molecule has 0 aromatic carbocycles. The number of halogens is 4. The highest BCUT2D eigenvalue weighted by molar-refractivity contribution is 5.10. The van der Waals surface area contributed by atoms with E-state index in [1.165, 1.54) is 0 Å². The number of rotatable bonds is 0. The first kappa shape index (κ1) is 7.37. The Morgan fingerprint density at radius 3 is 1.90 bits per heavy atom. The summed E-state index contributed by atoms with van der Waals surface area (Å²) >= 11 is 0. The predicted octanol–water partition coefficient (Wildman–Crippen LogP) is 2.15. The minimum atomic E-state index is -4.36. The summed E-state index contributed by atoms with van der Waals surface area (Å²) in [4.78, 5) is 0. The molecule has 1 nitrogen and oxygen atoms in total. The molecule has 5 heteroatoms. The molecule has 0 aromatic heterocycles. The summed E-state index contributed by atoms with van der Waals surface area (Å²) in [7, 11) is 0. The van der Waals surface area contributed by atoms with Gasteiger partial charge in [0.1, 0.15) is 5.76 Å². The van der Waals surface area contributed by atoms with Gasteiger partial charge in [-0.2, -0.15) is 17.6 Å². The van der Waals surface area contributed by atoms with E-state index in [9.17, 15) is 17.6 Å². The first-order chi connectivity index (χ1) is 4.35. The molecule has 0 radical (unpaired) electrons. The Labute approximate surface area is 54.3 Å². The third-order valence-electron chi connectivity index (χ3n) is 1.06. The summed E-state index contributed by atoms with van der Waals surface area (Å²) in [6.45, 7) is 1.05. The topological polar surface area (TPSA) is 9.23 Å². The van der Waals surface area contributed by atoms with E-state index in [2.05, 4.69) is 4.74 Å². The first-order valence-corrected chi connectivity index (χ1v) is 2.49. The standard InChI is InChI=1S/C5H4F4O/c1-3-2-4(6,7)5(8,9)10-3/h2H,1H3. The fourth-order valence-electron chi connectivity index (χ4n) is 0.639. The SMILES string of the molecule is CC1=CC(F)(F)C(F)(F)O1. The molecule has 1 heterocycles. The summed E-state index contributed by atoms with van der Waals surface area (Å²) < 4.78 is 51.5. The average Bonchev–Trinajstić information content (AvgIpc) is 1.73. The lowest BCUT2D eigenvalue weighted by atomic mass is 10.3. The zero-order valence-corrected chi connectivity index (χ0v) is 5.00.